The molecule has 1 amide bonds. The standard InChI is InChI=1S/C19H17ClN4O2/c1-12-5-6-15(10-16(12)20)22-19(26)13(2)24-18(25)8-7-17(23-24)14-4-3-9-21-11-14/h3-11,13H,1-2H3,(H,22,26). The Hall–Kier alpha value is -2.99. The smallest absolute Gasteiger partial charge is 0.267 e. The second-order valence-electron chi connectivity index (χ2n) is 5.87. The Kier molecular flexibility index (Phi) is 5.14. The molecule has 1 unspecified atom stereocenters. The van der Waals surface area contributed by atoms with Gasteiger partial charge in [0.05, 0.1) is 5.69 Å². The van der Waals surface area contributed by atoms with Crippen molar-refractivity contribution in [1.82, 2.24) is 14.8 Å². The number of hydrogen-bond donors (Lipinski definition) is 1. The van der Waals surface area contributed by atoms with E-state index in [-0.39, 0.29) is 11.5 Å². The van der Waals surface area contributed by atoms with Crippen molar-refractivity contribution in [3.05, 3.63) is 75.8 Å². The Morgan fingerprint density at radius 2 is 2.04 bits per heavy atom. The van der Waals surface area contributed by atoms with Crippen LogP contribution in [0.3, 0.4) is 0 Å². The van der Waals surface area contributed by atoms with Gasteiger partial charge in [-0.2, -0.15) is 5.10 Å². The van der Waals surface area contributed by atoms with E-state index in [2.05, 4.69) is 15.4 Å². The molecule has 0 aliphatic carbocycles. The molecule has 0 saturated heterocycles. The maximum Gasteiger partial charge on any atom is 0.267 e. The normalized spacial score (nSPS) is 11.8. The maximum absolute atomic E-state index is 12.5. The number of anilines is 1. The number of aromatic nitrogens is 3. The predicted octanol–water partition coefficient (Wildman–Crippen LogP) is 3.47. The van der Waals surface area contributed by atoms with Crippen molar-refractivity contribution in [2.75, 3.05) is 5.32 Å². The highest BCUT2D eigenvalue weighted by atomic mass is 35.5. The lowest BCUT2D eigenvalue weighted by molar-refractivity contribution is -0.119. The molecule has 1 aromatic carbocycles. The molecule has 0 aliphatic rings. The lowest BCUT2D eigenvalue weighted by Gasteiger charge is -2.15. The predicted molar refractivity (Wildman–Crippen MR) is 101 cm³/mol. The number of rotatable bonds is 4. The number of carbonyl (C=O) groups excluding carboxylic acids is 1. The molecule has 132 valence electrons. The summed E-state index contributed by atoms with van der Waals surface area (Å²) in [5, 5.41) is 7.63. The Labute approximate surface area is 155 Å². The van der Waals surface area contributed by atoms with Crippen molar-refractivity contribution in [2.24, 2.45) is 0 Å². The minimum Gasteiger partial charge on any atom is -0.324 e. The van der Waals surface area contributed by atoms with Crippen molar-refractivity contribution in [2.45, 2.75) is 19.9 Å². The highest BCUT2D eigenvalue weighted by Gasteiger charge is 2.18. The molecule has 0 aliphatic heterocycles. The number of carbonyl (C=O) groups is 1. The number of hydrogen-bond acceptors (Lipinski definition) is 4. The molecule has 1 atom stereocenters. The highest BCUT2D eigenvalue weighted by Crippen LogP contribution is 2.21. The summed E-state index contributed by atoms with van der Waals surface area (Å²) in [5.41, 5.74) is 2.45. The van der Waals surface area contributed by atoms with Crippen LogP contribution in [-0.2, 0) is 4.79 Å². The van der Waals surface area contributed by atoms with Crippen molar-refractivity contribution < 1.29 is 4.79 Å². The van der Waals surface area contributed by atoms with Gasteiger partial charge in [-0.3, -0.25) is 14.6 Å². The Balaban J connectivity index is 1.86. The summed E-state index contributed by atoms with van der Waals surface area (Å²) in [5.74, 6) is -0.358. The maximum atomic E-state index is 12.5. The molecule has 3 aromatic rings. The molecule has 26 heavy (non-hydrogen) atoms. The number of halogens is 1. The molecule has 0 radical (unpaired) electrons. The molecular weight excluding hydrogens is 352 g/mol. The van der Waals surface area contributed by atoms with Crippen molar-refractivity contribution >= 4 is 23.2 Å². The van der Waals surface area contributed by atoms with Crippen LogP contribution in [0.25, 0.3) is 11.3 Å². The summed E-state index contributed by atoms with van der Waals surface area (Å²) in [6.45, 7) is 3.50. The number of amides is 1. The number of aryl methyl sites for hydroxylation is 1. The average molecular weight is 369 g/mol. The molecule has 0 fully saturated rings. The van der Waals surface area contributed by atoms with Crippen LogP contribution in [-0.4, -0.2) is 20.7 Å². The summed E-state index contributed by atoms with van der Waals surface area (Å²) in [7, 11) is 0. The van der Waals surface area contributed by atoms with Gasteiger partial charge in [0.1, 0.15) is 6.04 Å². The van der Waals surface area contributed by atoms with Crippen LogP contribution in [0.15, 0.2) is 59.7 Å². The molecule has 1 N–H and O–H groups in total. The van der Waals surface area contributed by atoms with Gasteiger partial charge in [-0.25, -0.2) is 4.68 Å². The minimum atomic E-state index is -0.792. The van der Waals surface area contributed by atoms with Crippen LogP contribution in [0.4, 0.5) is 5.69 Å². The molecule has 0 saturated carbocycles. The van der Waals surface area contributed by atoms with Crippen molar-refractivity contribution in [1.29, 1.82) is 0 Å². The van der Waals surface area contributed by atoms with E-state index in [1.54, 1.807) is 43.6 Å². The van der Waals surface area contributed by atoms with Gasteiger partial charge >= 0.3 is 0 Å². The third-order valence-corrected chi connectivity index (χ3v) is 4.38. The van der Waals surface area contributed by atoms with E-state index in [0.29, 0.717) is 16.4 Å². The van der Waals surface area contributed by atoms with E-state index >= 15 is 0 Å². The van der Waals surface area contributed by atoms with E-state index in [9.17, 15) is 9.59 Å². The molecule has 0 spiro atoms. The second kappa shape index (κ2) is 7.49. The van der Waals surface area contributed by atoms with Gasteiger partial charge in [-0.05, 0) is 49.7 Å². The van der Waals surface area contributed by atoms with Gasteiger partial charge in [0, 0.05) is 34.7 Å². The lowest BCUT2D eigenvalue weighted by atomic mass is 10.2. The zero-order chi connectivity index (χ0) is 18.7. The highest BCUT2D eigenvalue weighted by molar-refractivity contribution is 6.31. The first kappa shape index (κ1) is 17.8. The van der Waals surface area contributed by atoms with Gasteiger partial charge in [0.2, 0.25) is 5.91 Å². The van der Waals surface area contributed by atoms with Crippen LogP contribution in [0, 0.1) is 6.92 Å². The van der Waals surface area contributed by atoms with Gasteiger partial charge in [-0.15, -0.1) is 0 Å². The van der Waals surface area contributed by atoms with Crippen LogP contribution in [0.5, 0.6) is 0 Å². The molecule has 3 rings (SSSR count). The van der Waals surface area contributed by atoms with E-state index < -0.39 is 6.04 Å². The zero-order valence-corrected chi connectivity index (χ0v) is 15.1. The SMILES string of the molecule is Cc1ccc(NC(=O)C(C)n2nc(-c3cccnc3)ccc2=O)cc1Cl. The van der Waals surface area contributed by atoms with E-state index in [1.165, 1.54) is 6.07 Å². The minimum absolute atomic E-state index is 0.358. The van der Waals surface area contributed by atoms with Gasteiger partial charge < -0.3 is 5.32 Å². The Morgan fingerprint density at radius 1 is 1.23 bits per heavy atom. The van der Waals surface area contributed by atoms with Crippen LogP contribution >= 0.6 is 11.6 Å². The quantitative estimate of drug-likeness (QED) is 0.765. The largest absolute Gasteiger partial charge is 0.324 e. The average Bonchev–Trinajstić information content (AvgIpc) is 2.65. The van der Waals surface area contributed by atoms with Gasteiger partial charge in [-0.1, -0.05) is 17.7 Å². The van der Waals surface area contributed by atoms with E-state index in [0.717, 1.165) is 15.8 Å². The molecule has 2 aromatic heterocycles. The third-order valence-electron chi connectivity index (χ3n) is 3.97. The summed E-state index contributed by atoms with van der Waals surface area (Å²) in [6, 6.07) is 11.1. The first-order valence-corrected chi connectivity index (χ1v) is 8.41. The Bertz CT molecular complexity index is 1000. The van der Waals surface area contributed by atoms with Gasteiger partial charge in [0.25, 0.3) is 5.56 Å². The summed E-state index contributed by atoms with van der Waals surface area (Å²) >= 11 is 6.08. The summed E-state index contributed by atoms with van der Waals surface area (Å²) < 4.78 is 1.16. The van der Waals surface area contributed by atoms with Gasteiger partial charge in [0.15, 0.2) is 0 Å². The van der Waals surface area contributed by atoms with E-state index in [4.69, 9.17) is 11.6 Å². The molecular formula is C19H17ClN4O2. The van der Waals surface area contributed by atoms with Crippen LogP contribution < -0.4 is 10.9 Å². The first-order valence-electron chi connectivity index (χ1n) is 8.03. The fourth-order valence-corrected chi connectivity index (χ4v) is 2.58. The fraction of sp³-hybridized carbons (Fsp3) is 0.158. The van der Waals surface area contributed by atoms with Crippen LogP contribution in [0.1, 0.15) is 18.5 Å². The molecule has 6 nitrogen and oxygen atoms in total. The lowest BCUT2D eigenvalue weighted by Crippen LogP contribution is -2.33. The number of nitrogens with zero attached hydrogens (tertiary/aromatic N) is 3. The Morgan fingerprint density at radius 3 is 2.73 bits per heavy atom. The number of pyridine rings is 1. The number of nitrogens with one attached hydrogen (secondary N) is 1. The van der Waals surface area contributed by atoms with Crippen molar-refractivity contribution in [3.8, 4) is 11.3 Å². The number of benzene rings is 1. The second-order valence-corrected chi connectivity index (χ2v) is 6.28. The molecule has 7 heteroatoms. The topological polar surface area (TPSA) is 76.9 Å². The summed E-state index contributed by atoms with van der Waals surface area (Å²) in [4.78, 5) is 28.8. The van der Waals surface area contributed by atoms with Crippen molar-refractivity contribution in [3.63, 3.8) is 0 Å². The fourth-order valence-electron chi connectivity index (χ4n) is 2.40. The third kappa shape index (κ3) is 3.81. The van der Waals surface area contributed by atoms with E-state index in [1.807, 2.05) is 19.1 Å². The molecule has 2 heterocycles. The molecule has 0 bridgehead atoms. The summed E-state index contributed by atoms with van der Waals surface area (Å²) in [6.07, 6.45) is 3.30. The first-order chi connectivity index (χ1) is 12.5. The van der Waals surface area contributed by atoms with Crippen LogP contribution in [0.2, 0.25) is 5.02 Å². The zero-order valence-electron chi connectivity index (χ0n) is 14.3. The monoisotopic (exact) mass is 368 g/mol.